The maximum absolute atomic E-state index is 12.6. The van der Waals surface area contributed by atoms with E-state index in [9.17, 15) is 4.79 Å². The highest BCUT2D eigenvalue weighted by Gasteiger charge is 2.19. The van der Waals surface area contributed by atoms with Crippen LogP contribution in [0.25, 0.3) is 0 Å². The molecule has 7 nitrogen and oxygen atoms in total. The molecule has 1 aromatic carbocycles. The van der Waals surface area contributed by atoms with Crippen molar-refractivity contribution in [3.8, 4) is 11.5 Å². The molecule has 1 aromatic heterocycles. The van der Waals surface area contributed by atoms with Crippen LogP contribution in [0.4, 0.5) is 11.6 Å². The summed E-state index contributed by atoms with van der Waals surface area (Å²) in [5.74, 6) is 1.64. The molecule has 1 saturated carbocycles. The fourth-order valence-electron chi connectivity index (χ4n) is 3.35. The summed E-state index contributed by atoms with van der Waals surface area (Å²) in [4.78, 5) is 21.3. The van der Waals surface area contributed by atoms with Gasteiger partial charge in [-0.2, -0.15) is 0 Å². The number of nitrogens with zero attached hydrogens (tertiary/aromatic N) is 2. The number of fused-ring (bicyclic) bond motifs is 1. The first kappa shape index (κ1) is 16.6. The number of rotatable bonds is 4. The van der Waals surface area contributed by atoms with Crippen molar-refractivity contribution in [1.82, 2.24) is 15.3 Å². The summed E-state index contributed by atoms with van der Waals surface area (Å²) >= 11 is 0. The Morgan fingerprint density at radius 1 is 1.08 bits per heavy atom. The zero-order valence-electron chi connectivity index (χ0n) is 14.7. The number of hydrogen-bond donors (Lipinski definition) is 2. The van der Waals surface area contributed by atoms with E-state index < -0.39 is 0 Å². The molecule has 2 N–H and O–H groups in total. The maximum atomic E-state index is 12.6. The summed E-state index contributed by atoms with van der Waals surface area (Å²) in [6, 6.07) is 7.48. The quantitative estimate of drug-likeness (QED) is 0.876. The lowest BCUT2D eigenvalue weighted by atomic mass is 9.95. The second-order valence-electron chi connectivity index (χ2n) is 6.72. The molecule has 1 fully saturated rings. The summed E-state index contributed by atoms with van der Waals surface area (Å²) in [6.45, 7) is 2.08. The molecule has 0 atom stereocenters. The summed E-state index contributed by atoms with van der Waals surface area (Å²) in [5.41, 5.74) is 1.89. The van der Waals surface area contributed by atoms with Crippen molar-refractivity contribution in [2.75, 3.05) is 12.1 Å². The van der Waals surface area contributed by atoms with Crippen LogP contribution in [0.5, 0.6) is 11.5 Å². The van der Waals surface area contributed by atoms with Gasteiger partial charge in [-0.15, -0.1) is 0 Å². The molecular formula is C19H22N4O3. The first-order valence-corrected chi connectivity index (χ1v) is 9.00. The molecule has 26 heavy (non-hydrogen) atoms. The Balaban J connectivity index is 1.49. The van der Waals surface area contributed by atoms with Gasteiger partial charge in [-0.1, -0.05) is 19.3 Å². The van der Waals surface area contributed by atoms with Gasteiger partial charge in [0.1, 0.15) is 5.69 Å². The van der Waals surface area contributed by atoms with Gasteiger partial charge < -0.3 is 20.1 Å². The molecule has 0 spiro atoms. The minimum atomic E-state index is -0.142. The average molecular weight is 354 g/mol. The van der Waals surface area contributed by atoms with Crippen LogP contribution in [0.1, 0.15) is 48.3 Å². The largest absolute Gasteiger partial charge is 0.454 e. The van der Waals surface area contributed by atoms with Crippen molar-refractivity contribution in [3.63, 3.8) is 0 Å². The number of nitrogens with one attached hydrogen (secondary N) is 2. The second kappa shape index (κ2) is 7.19. The highest BCUT2D eigenvalue weighted by Crippen LogP contribution is 2.34. The number of aromatic nitrogens is 2. The Hall–Kier alpha value is -2.83. The van der Waals surface area contributed by atoms with E-state index in [-0.39, 0.29) is 18.7 Å². The van der Waals surface area contributed by atoms with Crippen LogP contribution in [-0.2, 0) is 0 Å². The maximum Gasteiger partial charge on any atom is 0.270 e. The Kier molecular flexibility index (Phi) is 4.60. The van der Waals surface area contributed by atoms with Crippen molar-refractivity contribution in [3.05, 3.63) is 35.7 Å². The van der Waals surface area contributed by atoms with Crippen molar-refractivity contribution in [2.24, 2.45) is 0 Å². The van der Waals surface area contributed by atoms with E-state index >= 15 is 0 Å². The number of ether oxygens (including phenoxy) is 2. The van der Waals surface area contributed by atoms with Gasteiger partial charge in [0.2, 0.25) is 12.7 Å². The lowest BCUT2D eigenvalue weighted by Gasteiger charge is -2.22. The third-order valence-electron chi connectivity index (χ3n) is 4.66. The molecule has 0 radical (unpaired) electrons. The van der Waals surface area contributed by atoms with Gasteiger partial charge in [-0.25, -0.2) is 9.97 Å². The monoisotopic (exact) mass is 354 g/mol. The highest BCUT2D eigenvalue weighted by molar-refractivity contribution is 5.92. The number of carbonyl (C=O) groups is 1. The minimum absolute atomic E-state index is 0.142. The zero-order valence-corrected chi connectivity index (χ0v) is 14.7. The Bertz CT molecular complexity index is 818. The molecule has 0 bridgehead atoms. The first-order valence-electron chi connectivity index (χ1n) is 9.00. The van der Waals surface area contributed by atoms with Crippen LogP contribution < -0.4 is 20.1 Å². The normalized spacial score (nSPS) is 16.3. The van der Waals surface area contributed by atoms with E-state index in [1.807, 2.05) is 25.1 Å². The van der Waals surface area contributed by atoms with E-state index in [0.29, 0.717) is 23.1 Å². The fraction of sp³-hybridized carbons (Fsp3) is 0.421. The second-order valence-corrected chi connectivity index (χ2v) is 6.72. The van der Waals surface area contributed by atoms with Crippen LogP contribution in [0.2, 0.25) is 0 Å². The van der Waals surface area contributed by atoms with Crippen LogP contribution in [0.15, 0.2) is 24.3 Å². The Morgan fingerprint density at radius 2 is 1.88 bits per heavy atom. The average Bonchev–Trinajstić information content (AvgIpc) is 3.10. The summed E-state index contributed by atoms with van der Waals surface area (Å²) in [5, 5.41) is 6.23. The van der Waals surface area contributed by atoms with Crippen molar-refractivity contribution in [1.29, 1.82) is 0 Å². The van der Waals surface area contributed by atoms with Gasteiger partial charge in [-0.05, 0) is 38.0 Å². The van der Waals surface area contributed by atoms with Gasteiger partial charge in [0, 0.05) is 23.5 Å². The van der Waals surface area contributed by atoms with Gasteiger partial charge in [0.05, 0.1) is 0 Å². The third-order valence-corrected chi connectivity index (χ3v) is 4.66. The molecule has 136 valence electrons. The number of amides is 1. The van der Waals surface area contributed by atoms with E-state index in [1.54, 1.807) is 6.07 Å². The smallest absolute Gasteiger partial charge is 0.270 e. The number of hydrogen-bond acceptors (Lipinski definition) is 6. The van der Waals surface area contributed by atoms with Gasteiger partial charge in [0.15, 0.2) is 11.5 Å². The van der Waals surface area contributed by atoms with Crippen molar-refractivity contribution in [2.45, 2.75) is 45.1 Å². The summed E-state index contributed by atoms with van der Waals surface area (Å²) in [7, 11) is 0. The molecular weight excluding hydrogens is 332 g/mol. The van der Waals surface area contributed by atoms with Gasteiger partial charge in [-0.3, -0.25) is 4.79 Å². The van der Waals surface area contributed by atoms with E-state index in [2.05, 4.69) is 20.6 Å². The predicted molar refractivity (Wildman–Crippen MR) is 97.0 cm³/mol. The van der Waals surface area contributed by atoms with Crippen LogP contribution >= 0.6 is 0 Å². The van der Waals surface area contributed by atoms with E-state index in [4.69, 9.17) is 9.47 Å². The first-order chi connectivity index (χ1) is 12.7. The van der Waals surface area contributed by atoms with Gasteiger partial charge >= 0.3 is 0 Å². The Labute approximate surface area is 152 Å². The molecule has 2 aliphatic rings. The predicted octanol–water partition coefficient (Wildman–Crippen LogP) is 3.32. The van der Waals surface area contributed by atoms with Crippen molar-refractivity contribution < 1.29 is 14.3 Å². The topological polar surface area (TPSA) is 85.4 Å². The molecule has 7 heteroatoms. The van der Waals surface area contributed by atoms with Crippen molar-refractivity contribution >= 4 is 17.5 Å². The van der Waals surface area contributed by atoms with Crippen LogP contribution in [0.3, 0.4) is 0 Å². The standard InChI is InChI=1S/C19H22N4O3/c1-12-9-15(18(24)21-13-5-3-2-4-6-13)23-19(20-12)22-14-7-8-16-17(10-14)26-11-25-16/h7-10,13H,2-6,11H2,1H3,(H,21,24)(H,20,22,23). The highest BCUT2D eigenvalue weighted by atomic mass is 16.7. The SMILES string of the molecule is Cc1cc(C(=O)NC2CCCCC2)nc(Nc2ccc3c(c2)OCO3)n1. The minimum Gasteiger partial charge on any atom is -0.454 e. The lowest BCUT2D eigenvalue weighted by Crippen LogP contribution is -2.36. The summed E-state index contributed by atoms with van der Waals surface area (Å²) < 4.78 is 10.7. The molecule has 0 unspecified atom stereocenters. The fourth-order valence-corrected chi connectivity index (χ4v) is 3.35. The van der Waals surface area contributed by atoms with E-state index in [0.717, 1.165) is 24.2 Å². The van der Waals surface area contributed by atoms with Crippen LogP contribution in [-0.4, -0.2) is 28.7 Å². The van der Waals surface area contributed by atoms with Gasteiger partial charge in [0.25, 0.3) is 5.91 Å². The molecule has 1 aliphatic carbocycles. The molecule has 0 saturated heterocycles. The Morgan fingerprint density at radius 3 is 2.73 bits per heavy atom. The molecule has 1 amide bonds. The summed E-state index contributed by atoms with van der Waals surface area (Å²) in [6.07, 6.45) is 5.67. The third kappa shape index (κ3) is 3.71. The number of carbonyl (C=O) groups excluding carboxylic acids is 1. The molecule has 2 heterocycles. The number of anilines is 2. The van der Waals surface area contributed by atoms with Crippen LogP contribution in [0, 0.1) is 6.92 Å². The molecule has 2 aromatic rings. The molecule has 4 rings (SSSR count). The molecule has 1 aliphatic heterocycles. The zero-order chi connectivity index (χ0) is 17.9. The van der Waals surface area contributed by atoms with E-state index in [1.165, 1.54) is 19.3 Å². The number of aryl methyl sites for hydroxylation is 1. The lowest BCUT2D eigenvalue weighted by molar-refractivity contribution is 0.0922. The number of benzene rings is 1.